The van der Waals surface area contributed by atoms with Gasteiger partial charge in [-0.25, -0.2) is 0 Å². The summed E-state index contributed by atoms with van der Waals surface area (Å²) in [6, 6.07) is 0. The molecule has 0 aliphatic carbocycles. The molecular weight excluding hydrogens is 200 g/mol. The lowest BCUT2D eigenvalue weighted by Crippen LogP contribution is -2.41. The molecule has 0 aromatic rings. The summed E-state index contributed by atoms with van der Waals surface area (Å²) in [7, 11) is 0. The topological polar surface area (TPSA) is 32.3 Å². The zero-order valence-corrected chi connectivity index (χ0v) is 10.1. The second-order valence-corrected chi connectivity index (χ2v) is 4.65. The van der Waals surface area contributed by atoms with Gasteiger partial charge in [-0.15, -0.1) is 12.4 Å². The standard InChI is InChI=1S/C10H20N2O.ClH/c1-10(2,3)9(13)12-7-4-5-11-6-8-12;/h11H,4-8H2,1-3H3;1H. The average molecular weight is 221 g/mol. The lowest BCUT2D eigenvalue weighted by molar-refractivity contribution is -0.139. The van der Waals surface area contributed by atoms with E-state index in [1.807, 2.05) is 25.7 Å². The van der Waals surface area contributed by atoms with Crippen LogP contribution in [0, 0.1) is 5.41 Å². The molecule has 1 saturated heterocycles. The van der Waals surface area contributed by atoms with Gasteiger partial charge in [0.2, 0.25) is 5.91 Å². The van der Waals surface area contributed by atoms with Crippen molar-refractivity contribution in [3.05, 3.63) is 0 Å². The molecule has 84 valence electrons. The number of carbonyl (C=O) groups excluding carboxylic acids is 1. The van der Waals surface area contributed by atoms with Crippen LogP contribution in [0.25, 0.3) is 0 Å². The van der Waals surface area contributed by atoms with Crippen molar-refractivity contribution in [2.75, 3.05) is 26.2 Å². The Morgan fingerprint density at radius 1 is 1.21 bits per heavy atom. The highest BCUT2D eigenvalue weighted by Gasteiger charge is 2.27. The molecule has 1 heterocycles. The summed E-state index contributed by atoms with van der Waals surface area (Å²) in [5.41, 5.74) is -0.232. The van der Waals surface area contributed by atoms with Crippen LogP contribution in [-0.2, 0) is 4.79 Å². The van der Waals surface area contributed by atoms with Gasteiger partial charge in [0, 0.05) is 25.0 Å². The summed E-state index contributed by atoms with van der Waals surface area (Å²) >= 11 is 0. The summed E-state index contributed by atoms with van der Waals surface area (Å²) in [6.45, 7) is 9.67. The van der Waals surface area contributed by atoms with E-state index in [0.717, 1.165) is 32.6 Å². The van der Waals surface area contributed by atoms with Gasteiger partial charge in [0.25, 0.3) is 0 Å². The fourth-order valence-corrected chi connectivity index (χ4v) is 1.52. The van der Waals surface area contributed by atoms with E-state index in [1.165, 1.54) is 0 Å². The predicted octanol–water partition coefficient (Wildman–Crippen LogP) is 1.28. The maximum absolute atomic E-state index is 11.9. The molecule has 1 aliphatic rings. The number of rotatable bonds is 0. The Bertz CT molecular complexity index is 181. The summed E-state index contributed by atoms with van der Waals surface area (Å²) in [4.78, 5) is 13.8. The molecule has 1 aliphatic heterocycles. The molecule has 0 spiro atoms. The molecule has 1 fully saturated rings. The quantitative estimate of drug-likeness (QED) is 0.667. The number of halogens is 1. The second-order valence-electron chi connectivity index (χ2n) is 4.65. The zero-order chi connectivity index (χ0) is 9.90. The minimum Gasteiger partial charge on any atom is -0.341 e. The van der Waals surface area contributed by atoms with E-state index in [0.29, 0.717) is 0 Å². The highest BCUT2D eigenvalue weighted by Crippen LogP contribution is 2.17. The van der Waals surface area contributed by atoms with Crippen LogP contribution in [0.5, 0.6) is 0 Å². The summed E-state index contributed by atoms with van der Waals surface area (Å²) in [6.07, 6.45) is 1.07. The van der Waals surface area contributed by atoms with Crippen molar-refractivity contribution >= 4 is 18.3 Å². The molecule has 4 heteroatoms. The maximum atomic E-state index is 11.9. The minimum absolute atomic E-state index is 0. The highest BCUT2D eigenvalue weighted by atomic mass is 35.5. The molecule has 0 radical (unpaired) electrons. The Hall–Kier alpha value is -0.280. The third-order valence-electron chi connectivity index (χ3n) is 2.27. The number of nitrogens with zero attached hydrogens (tertiary/aromatic N) is 1. The molecule has 0 atom stereocenters. The maximum Gasteiger partial charge on any atom is 0.227 e. The van der Waals surface area contributed by atoms with E-state index < -0.39 is 0 Å². The van der Waals surface area contributed by atoms with Crippen molar-refractivity contribution in [2.45, 2.75) is 27.2 Å². The lowest BCUT2D eigenvalue weighted by Gasteiger charge is -2.27. The number of nitrogens with one attached hydrogen (secondary N) is 1. The second kappa shape index (κ2) is 5.56. The minimum atomic E-state index is -0.232. The van der Waals surface area contributed by atoms with E-state index in [-0.39, 0.29) is 23.7 Å². The number of amides is 1. The molecule has 0 saturated carbocycles. The predicted molar refractivity (Wildman–Crippen MR) is 60.8 cm³/mol. The SMILES string of the molecule is CC(C)(C)C(=O)N1CCCNCC1.Cl. The third kappa shape index (κ3) is 3.84. The first kappa shape index (κ1) is 13.7. The largest absolute Gasteiger partial charge is 0.341 e. The Labute approximate surface area is 92.6 Å². The molecule has 3 nitrogen and oxygen atoms in total. The highest BCUT2D eigenvalue weighted by molar-refractivity contribution is 5.85. The lowest BCUT2D eigenvalue weighted by atomic mass is 9.94. The van der Waals surface area contributed by atoms with Gasteiger partial charge in [-0.3, -0.25) is 4.79 Å². The smallest absolute Gasteiger partial charge is 0.227 e. The molecule has 0 bridgehead atoms. The van der Waals surface area contributed by atoms with Crippen molar-refractivity contribution in [3.8, 4) is 0 Å². The Balaban J connectivity index is 0.00000169. The Morgan fingerprint density at radius 3 is 2.43 bits per heavy atom. The average Bonchev–Trinajstić information content (AvgIpc) is 2.28. The number of hydrogen-bond donors (Lipinski definition) is 1. The van der Waals surface area contributed by atoms with Crippen LogP contribution in [0.15, 0.2) is 0 Å². The monoisotopic (exact) mass is 220 g/mol. The normalized spacial score (nSPS) is 18.4. The zero-order valence-electron chi connectivity index (χ0n) is 9.30. The molecule has 1 rings (SSSR count). The van der Waals surface area contributed by atoms with Gasteiger partial charge in [0.05, 0.1) is 0 Å². The molecule has 14 heavy (non-hydrogen) atoms. The van der Waals surface area contributed by atoms with E-state index in [9.17, 15) is 4.79 Å². The van der Waals surface area contributed by atoms with Gasteiger partial charge in [-0.1, -0.05) is 20.8 Å². The third-order valence-corrected chi connectivity index (χ3v) is 2.27. The summed E-state index contributed by atoms with van der Waals surface area (Å²) in [5.74, 6) is 0.274. The fraction of sp³-hybridized carbons (Fsp3) is 0.900. The van der Waals surface area contributed by atoms with Crippen molar-refractivity contribution in [1.82, 2.24) is 10.2 Å². The molecule has 0 unspecified atom stereocenters. The van der Waals surface area contributed by atoms with Gasteiger partial charge in [-0.05, 0) is 13.0 Å². The summed E-state index contributed by atoms with van der Waals surface area (Å²) < 4.78 is 0. The van der Waals surface area contributed by atoms with Crippen LogP contribution in [0.4, 0.5) is 0 Å². The van der Waals surface area contributed by atoms with Crippen LogP contribution in [0.1, 0.15) is 27.2 Å². The van der Waals surface area contributed by atoms with Crippen LogP contribution in [0.3, 0.4) is 0 Å². The first-order valence-corrected chi connectivity index (χ1v) is 5.02. The first-order chi connectivity index (χ1) is 6.02. The Morgan fingerprint density at radius 2 is 1.86 bits per heavy atom. The molecule has 1 amide bonds. The van der Waals surface area contributed by atoms with Gasteiger partial charge in [0.1, 0.15) is 0 Å². The number of hydrogen-bond acceptors (Lipinski definition) is 2. The van der Waals surface area contributed by atoms with E-state index in [2.05, 4.69) is 5.32 Å². The van der Waals surface area contributed by atoms with Crippen molar-refractivity contribution in [1.29, 1.82) is 0 Å². The van der Waals surface area contributed by atoms with Crippen LogP contribution >= 0.6 is 12.4 Å². The van der Waals surface area contributed by atoms with Gasteiger partial charge in [-0.2, -0.15) is 0 Å². The molecule has 0 aromatic carbocycles. The van der Waals surface area contributed by atoms with Gasteiger partial charge < -0.3 is 10.2 Å². The summed E-state index contributed by atoms with van der Waals surface area (Å²) in [5, 5.41) is 3.29. The van der Waals surface area contributed by atoms with Crippen LogP contribution in [-0.4, -0.2) is 37.0 Å². The number of carbonyl (C=O) groups is 1. The van der Waals surface area contributed by atoms with Crippen LogP contribution < -0.4 is 5.32 Å². The van der Waals surface area contributed by atoms with Crippen molar-refractivity contribution in [2.24, 2.45) is 5.41 Å². The molecular formula is C10H21ClN2O. The fourth-order valence-electron chi connectivity index (χ4n) is 1.52. The van der Waals surface area contributed by atoms with Gasteiger partial charge in [0.15, 0.2) is 0 Å². The molecule has 1 N–H and O–H groups in total. The van der Waals surface area contributed by atoms with Crippen molar-refractivity contribution in [3.63, 3.8) is 0 Å². The first-order valence-electron chi connectivity index (χ1n) is 5.02. The van der Waals surface area contributed by atoms with E-state index in [1.54, 1.807) is 0 Å². The molecule has 0 aromatic heterocycles. The van der Waals surface area contributed by atoms with E-state index in [4.69, 9.17) is 0 Å². The van der Waals surface area contributed by atoms with Crippen molar-refractivity contribution < 1.29 is 4.79 Å². The van der Waals surface area contributed by atoms with E-state index >= 15 is 0 Å². The Kier molecular flexibility index (Phi) is 5.45. The van der Waals surface area contributed by atoms with Gasteiger partial charge >= 0.3 is 0 Å². The van der Waals surface area contributed by atoms with Crippen LogP contribution in [0.2, 0.25) is 0 Å².